The summed E-state index contributed by atoms with van der Waals surface area (Å²) in [6.07, 6.45) is 1.78. The smallest absolute Gasteiger partial charge is 0.226 e. The maximum Gasteiger partial charge on any atom is 0.226 e. The zero-order valence-electron chi connectivity index (χ0n) is 12.5. The second-order valence-electron chi connectivity index (χ2n) is 5.34. The Labute approximate surface area is 124 Å². The van der Waals surface area contributed by atoms with Crippen LogP contribution in [-0.2, 0) is 0 Å². The number of benzene rings is 2. The van der Waals surface area contributed by atoms with E-state index >= 15 is 0 Å². The number of rotatable bonds is 3. The van der Waals surface area contributed by atoms with Gasteiger partial charge in [0, 0.05) is 30.9 Å². The first-order valence-electron chi connectivity index (χ1n) is 6.94. The molecule has 0 saturated heterocycles. The maximum absolute atomic E-state index is 5.87. The molecule has 3 nitrogen and oxygen atoms in total. The highest BCUT2D eigenvalue weighted by atomic mass is 16.4. The Balaban J connectivity index is 1.89. The van der Waals surface area contributed by atoms with Crippen LogP contribution >= 0.6 is 0 Å². The standard InChI is InChI=1S/C18H18N2O/c1-13-4-6-15(7-5-13)18-19-12-17(21-18)14-8-10-16(11-9-14)20(2)3/h4-12H,1-3H3. The molecule has 3 heteroatoms. The summed E-state index contributed by atoms with van der Waals surface area (Å²) in [5, 5.41) is 0. The van der Waals surface area contributed by atoms with Crippen molar-refractivity contribution in [3.05, 3.63) is 60.3 Å². The molecule has 0 spiro atoms. The van der Waals surface area contributed by atoms with E-state index in [0.29, 0.717) is 5.89 Å². The van der Waals surface area contributed by atoms with Crippen molar-refractivity contribution in [2.45, 2.75) is 6.92 Å². The Morgan fingerprint density at radius 1 is 0.857 bits per heavy atom. The van der Waals surface area contributed by atoms with Crippen molar-refractivity contribution in [3.8, 4) is 22.8 Å². The highest BCUT2D eigenvalue weighted by molar-refractivity contribution is 5.63. The van der Waals surface area contributed by atoms with Crippen LogP contribution in [0.3, 0.4) is 0 Å². The van der Waals surface area contributed by atoms with Gasteiger partial charge in [-0.2, -0.15) is 0 Å². The van der Waals surface area contributed by atoms with E-state index in [2.05, 4.69) is 53.2 Å². The predicted molar refractivity (Wildman–Crippen MR) is 86.4 cm³/mol. The minimum Gasteiger partial charge on any atom is -0.436 e. The van der Waals surface area contributed by atoms with Crippen molar-refractivity contribution in [3.63, 3.8) is 0 Å². The SMILES string of the molecule is Cc1ccc(-c2ncc(-c3ccc(N(C)C)cc3)o2)cc1. The normalized spacial score (nSPS) is 10.6. The molecule has 106 valence electrons. The lowest BCUT2D eigenvalue weighted by Gasteiger charge is -2.11. The molecule has 1 heterocycles. The summed E-state index contributed by atoms with van der Waals surface area (Å²) in [5.74, 6) is 1.44. The Morgan fingerprint density at radius 2 is 1.48 bits per heavy atom. The van der Waals surface area contributed by atoms with Gasteiger partial charge in [0.15, 0.2) is 5.76 Å². The van der Waals surface area contributed by atoms with Gasteiger partial charge in [-0.05, 0) is 43.3 Å². The summed E-state index contributed by atoms with van der Waals surface area (Å²) in [5.41, 5.74) is 4.42. The molecule has 0 atom stereocenters. The third kappa shape index (κ3) is 2.82. The number of hydrogen-bond donors (Lipinski definition) is 0. The van der Waals surface area contributed by atoms with Crippen LogP contribution < -0.4 is 4.90 Å². The molecule has 0 aliphatic rings. The third-order valence-electron chi connectivity index (χ3n) is 3.47. The molecule has 3 rings (SSSR count). The van der Waals surface area contributed by atoms with Gasteiger partial charge in [0.25, 0.3) is 0 Å². The van der Waals surface area contributed by atoms with E-state index in [1.807, 2.05) is 26.2 Å². The van der Waals surface area contributed by atoms with E-state index in [9.17, 15) is 0 Å². The first-order chi connectivity index (χ1) is 10.1. The second kappa shape index (κ2) is 5.44. The van der Waals surface area contributed by atoms with Gasteiger partial charge in [0.05, 0.1) is 6.20 Å². The fraction of sp³-hybridized carbons (Fsp3) is 0.167. The van der Waals surface area contributed by atoms with E-state index < -0.39 is 0 Å². The van der Waals surface area contributed by atoms with Crippen LogP contribution in [0.4, 0.5) is 5.69 Å². The quantitative estimate of drug-likeness (QED) is 0.712. The van der Waals surface area contributed by atoms with Crippen LogP contribution in [0.1, 0.15) is 5.56 Å². The van der Waals surface area contributed by atoms with Gasteiger partial charge in [-0.3, -0.25) is 0 Å². The van der Waals surface area contributed by atoms with Crippen molar-refractivity contribution in [1.29, 1.82) is 0 Å². The van der Waals surface area contributed by atoms with E-state index in [1.165, 1.54) is 5.56 Å². The molecular formula is C18H18N2O. The Hall–Kier alpha value is -2.55. The number of oxazole rings is 1. The molecule has 0 unspecified atom stereocenters. The van der Waals surface area contributed by atoms with Crippen molar-refractivity contribution in [2.24, 2.45) is 0 Å². The average molecular weight is 278 g/mol. The molecule has 0 saturated carbocycles. The van der Waals surface area contributed by atoms with Gasteiger partial charge >= 0.3 is 0 Å². The number of anilines is 1. The van der Waals surface area contributed by atoms with Crippen molar-refractivity contribution < 1.29 is 4.42 Å². The van der Waals surface area contributed by atoms with E-state index in [-0.39, 0.29) is 0 Å². The van der Waals surface area contributed by atoms with Gasteiger partial charge < -0.3 is 9.32 Å². The minimum absolute atomic E-state index is 0.654. The zero-order valence-corrected chi connectivity index (χ0v) is 12.5. The van der Waals surface area contributed by atoms with Crippen LogP contribution in [0, 0.1) is 6.92 Å². The summed E-state index contributed by atoms with van der Waals surface area (Å²) in [4.78, 5) is 6.44. The lowest BCUT2D eigenvalue weighted by molar-refractivity contribution is 0.589. The topological polar surface area (TPSA) is 29.3 Å². The van der Waals surface area contributed by atoms with Crippen molar-refractivity contribution in [1.82, 2.24) is 4.98 Å². The molecule has 1 aromatic heterocycles. The van der Waals surface area contributed by atoms with Crippen molar-refractivity contribution in [2.75, 3.05) is 19.0 Å². The van der Waals surface area contributed by atoms with Crippen molar-refractivity contribution >= 4 is 5.69 Å². The van der Waals surface area contributed by atoms with E-state index in [4.69, 9.17) is 4.42 Å². The molecular weight excluding hydrogens is 260 g/mol. The fourth-order valence-electron chi connectivity index (χ4n) is 2.16. The van der Waals surface area contributed by atoms with Crippen LogP contribution in [0.15, 0.2) is 59.1 Å². The van der Waals surface area contributed by atoms with Gasteiger partial charge in [0.2, 0.25) is 5.89 Å². The Bertz CT molecular complexity index is 725. The maximum atomic E-state index is 5.87. The monoisotopic (exact) mass is 278 g/mol. The van der Waals surface area contributed by atoms with Crippen LogP contribution in [0.25, 0.3) is 22.8 Å². The molecule has 0 aliphatic heterocycles. The molecule has 0 amide bonds. The number of hydrogen-bond acceptors (Lipinski definition) is 3. The largest absolute Gasteiger partial charge is 0.436 e. The lowest BCUT2D eigenvalue weighted by Crippen LogP contribution is -2.07. The highest BCUT2D eigenvalue weighted by Crippen LogP contribution is 2.27. The molecule has 0 bridgehead atoms. The average Bonchev–Trinajstić information content (AvgIpc) is 2.98. The van der Waals surface area contributed by atoms with Gasteiger partial charge in [-0.1, -0.05) is 17.7 Å². The van der Waals surface area contributed by atoms with E-state index in [0.717, 1.165) is 22.6 Å². The Morgan fingerprint density at radius 3 is 2.10 bits per heavy atom. The number of aromatic nitrogens is 1. The van der Waals surface area contributed by atoms with E-state index in [1.54, 1.807) is 6.20 Å². The fourth-order valence-corrected chi connectivity index (χ4v) is 2.16. The minimum atomic E-state index is 0.654. The Kier molecular flexibility index (Phi) is 3.48. The third-order valence-corrected chi connectivity index (χ3v) is 3.47. The summed E-state index contributed by atoms with van der Waals surface area (Å²) in [6, 6.07) is 16.4. The summed E-state index contributed by atoms with van der Waals surface area (Å²) in [7, 11) is 4.05. The molecule has 3 aromatic rings. The van der Waals surface area contributed by atoms with Gasteiger partial charge in [-0.15, -0.1) is 0 Å². The molecule has 0 N–H and O–H groups in total. The number of nitrogens with zero attached hydrogens (tertiary/aromatic N) is 2. The first kappa shape index (κ1) is 13.4. The molecule has 0 aliphatic carbocycles. The molecule has 2 aromatic carbocycles. The highest BCUT2D eigenvalue weighted by Gasteiger charge is 2.08. The lowest BCUT2D eigenvalue weighted by atomic mass is 10.1. The van der Waals surface area contributed by atoms with Crippen LogP contribution in [-0.4, -0.2) is 19.1 Å². The summed E-state index contributed by atoms with van der Waals surface area (Å²) >= 11 is 0. The predicted octanol–water partition coefficient (Wildman–Crippen LogP) is 4.38. The second-order valence-corrected chi connectivity index (χ2v) is 5.34. The zero-order chi connectivity index (χ0) is 14.8. The van der Waals surface area contributed by atoms with Gasteiger partial charge in [-0.25, -0.2) is 4.98 Å². The van der Waals surface area contributed by atoms with Crippen LogP contribution in [0.2, 0.25) is 0 Å². The molecule has 0 radical (unpaired) electrons. The molecule has 21 heavy (non-hydrogen) atoms. The molecule has 0 fully saturated rings. The summed E-state index contributed by atoms with van der Waals surface area (Å²) < 4.78 is 5.87. The first-order valence-corrected chi connectivity index (χ1v) is 6.94. The summed E-state index contributed by atoms with van der Waals surface area (Å²) in [6.45, 7) is 2.07. The number of aryl methyl sites for hydroxylation is 1. The van der Waals surface area contributed by atoms with Crippen LogP contribution in [0.5, 0.6) is 0 Å². The van der Waals surface area contributed by atoms with Gasteiger partial charge in [0.1, 0.15) is 0 Å².